The quantitative estimate of drug-likeness (QED) is 0.561. The zero-order chi connectivity index (χ0) is 17.5. The van der Waals surface area contributed by atoms with Gasteiger partial charge in [0.1, 0.15) is 17.2 Å². The summed E-state index contributed by atoms with van der Waals surface area (Å²) in [7, 11) is 0. The summed E-state index contributed by atoms with van der Waals surface area (Å²) in [6, 6.07) is 10.2. The number of carbonyl (C=O) groups is 2. The third-order valence-corrected chi connectivity index (χ3v) is 3.09. The lowest BCUT2D eigenvalue weighted by Gasteiger charge is -1.98. The van der Waals surface area contributed by atoms with E-state index >= 15 is 0 Å². The molecule has 2 aromatic carbocycles. The maximum Gasteiger partial charge on any atom is 0.163 e. The van der Waals surface area contributed by atoms with Crippen LogP contribution in [0, 0.1) is 0 Å². The molecular weight excluding hydrogens is 308 g/mol. The Kier molecular flexibility index (Phi) is 5.52. The fourth-order valence-electron chi connectivity index (χ4n) is 1.97. The molecule has 3 N–H and O–H groups in total. The van der Waals surface area contributed by atoms with Gasteiger partial charge >= 0.3 is 0 Å². The van der Waals surface area contributed by atoms with Gasteiger partial charge in [-0.15, -0.1) is 0 Å². The number of hydrogen-bond donors (Lipinski definition) is 3. The van der Waals surface area contributed by atoms with Crippen molar-refractivity contribution in [1.29, 1.82) is 0 Å². The highest BCUT2D eigenvalue weighted by Crippen LogP contribution is 2.21. The number of benzene rings is 2. The van der Waals surface area contributed by atoms with E-state index in [0.717, 1.165) is 5.56 Å². The number of aromatic hydroxyl groups is 3. The van der Waals surface area contributed by atoms with Crippen LogP contribution in [0.1, 0.15) is 17.5 Å². The molecule has 0 bridgehead atoms. The standard InChI is InChI=1S/C19H16O5/c20-15-5-1-13(2-6-15)3-7-16(21)11-17(22)8-4-14-9-18(23)12-19(24)10-14/h1-10,12,20,23-24H,11H2. The first-order valence-corrected chi connectivity index (χ1v) is 7.16. The summed E-state index contributed by atoms with van der Waals surface area (Å²) >= 11 is 0. The average Bonchev–Trinajstić information content (AvgIpc) is 2.51. The second kappa shape index (κ2) is 7.78. The average molecular weight is 324 g/mol. The van der Waals surface area contributed by atoms with Gasteiger partial charge in [0.15, 0.2) is 11.6 Å². The van der Waals surface area contributed by atoms with Crippen LogP contribution in [-0.4, -0.2) is 26.9 Å². The largest absolute Gasteiger partial charge is 0.508 e. The van der Waals surface area contributed by atoms with Gasteiger partial charge < -0.3 is 15.3 Å². The maximum atomic E-state index is 11.8. The zero-order valence-corrected chi connectivity index (χ0v) is 12.7. The fraction of sp³-hybridized carbons (Fsp3) is 0.0526. The van der Waals surface area contributed by atoms with Gasteiger partial charge in [0, 0.05) is 6.07 Å². The molecule has 0 aliphatic carbocycles. The van der Waals surface area contributed by atoms with E-state index in [1.54, 1.807) is 18.2 Å². The fourth-order valence-corrected chi connectivity index (χ4v) is 1.97. The number of rotatable bonds is 6. The van der Waals surface area contributed by atoms with Crippen LogP contribution < -0.4 is 0 Å². The summed E-state index contributed by atoms with van der Waals surface area (Å²) < 4.78 is 0. The van der Waals surface area contributed by atoms with E-state index in [4.69, 9.17) is 5.11 Å². The van der Waals surface area contributed by atoms with E-state index < -0.39 is 5.78 Å². The van der Waals surface area contributed by atoms with Crippen molar-refractivity contribution in [2.45, 2.75) is 6.42 Å². The summed E-state index contributed by atoms with van der Waals surface area (Å²) in [4.78, 5) is 23.5. The third-order valence-electron chi connectivity index (χ3n) is 3.09. The summed E-state index contributed by atoms with van der Waals surface area (Å²) in [5.41, 5.74) is 1.19. The molecule has 0 aliphatic rings. The SMILES string of the molecule is O=C(C=Cc1ccc(O)cc1)CC(=O)C=Cc1cc(O)cc(O)c1. The second-order valence-corrected chi connectivity index (χ2v) is 5.15. The molecule has 0 aliphatic heterocycles. The summed E-state index contributed by atoms with van der Waals surface area (Å²) in [5.74, 6) is -0.837. The molecule has 0 saturated heterocycles. The highest BCUT2D eigenvalue weighted by atomic mass is 16.3. The monoisotopic (exact) mass is 324 g/mol. The molecule has 0 spiro atoms. The first-order valence-electron chi connectivity index (χ1n) is 7.16. The summed E-state index contributed by atoms with van der Waals surface area (Å²) in [6.07, 6.45) is 5.22. The predicted octanol–water partition coefficient (Wildman–Crippen LogP) is 3.06. The zero-order valence-electron chi connectivity index (χ0n) is 12.7. The molecule has 24 heavy (non-hydrogen) atoms. The molecule has 5 heteroatoms. The molecule has 0 aromatic heterocycles. The molecule has 2 aromatic rings. The second-order valence-electron chi connectivity index (χ2n) is 5.15. The molecule has 0 heterocycles. The lowest BCUT2D eigenvalue weighted by Crippen LogP contribution is -2.01. The van der Waals surface area contributed by atoms with Gasteiger partial charge in [0.2, 0.25) is 0 Å². The molecule has 5 nitrogen and oxygen atoms in total. The van der Waals surface area contributed by atoms with Crippen LogP contribution >= 0.6 is 0 Å². The van der Waals surface area contributed by atoms with Crippen molar-refractivity contribution in [3.8, 4) is 17.2 Å². The van der Waals surface area contributed by atoms with Gasteiger partial charge in [0.25, 0.3) is 0 Å². The van der Waals surface area contributed by atoms with Crippen molar-refractivity contribution in [2.24, 2.45) is 0 Å². The van der Waals surface area contributed by atoms with Crippen LogP contribution in [0.5, 0.6) is 17.2 Å². The Bertz CT molecular complexity index is 781. The number of phenols is 3. The minimum absolute atomic E-state index is 0.116. The molecular formula is C19H16O5. The molecule has 0 fully saturated rings. The highest BCUT2D eigenvalue weighted by molar-refractivity contribution is 6.10. The summed E-state index contributed by atoms with van der Waals surface area (Å²) in [5, 5.41) is 27.9. The van der Waals surface area contributed by atoms with E-state index in [0.29, 0.717) is 5.56 Å². The van der Waals surface area contributed by atoms with Gasteiger partial charge in [-0.1, -0.05) is 24.3 Å². The molecule has 2 rings (SSSR count). The van der Waals surface area contributed by atoms with Crippen molar-refractivity contribution in [3.63, 3.8) is 0 Å². The van der Waals surface area contributed by atoms with Gasteiger partial charge in [-0.25, -0.2) is 0 Å². The van der Waals surface area contributed by atoms with Crippen LogP contribution in [0.25, 0.3) is 12.2 Å². The Morgan fingerprint density at radius 3 is 1.75 bits per heavy atom. The number of phenolic OH excluding ortho intramolecular Hbond substituents is 3. The number of ketones is 2. The number of carbonyl (C=O) groups excluding carboxylic acids is 2. The van der Waals surface area contributed by atoms with Crippen molar-refractivity contribution >= 4 is 23.7 Å². The first-order chi connectivity index (χ1) is 11.4. The van der Waals surface area contributed by atoms with Gasteiger partial charge in [-0.05, 0) is 47.5 Å². The highest BCUT2D eigenvalue weighted by Gasteiger charge is 2.04. The van der Waals surface area contributed by atoms with Gasteiger partial charge in [0.05, 0.1) is 6.42 Å². The molecule has 122 valence electrons. The van der Waals surface area contributed by atoms with Crippen LogP contribution in [0.4, 0.5) is 0 Å². The minimum Gasteiger partial charge on any atom is -0.508 e. The first kappa shape index (κ1) is 17.0. The topological polar surface area (TPSA) is 94.8 Å². The van der Waals surface area contributed by atoms with E-state index in [1.807, 2.05) is 0 Å². The molecule has 0 unspecified atom stereocenters. The Morgan fingerprint density at radius 1 is 0.708 bits per heavy atom. The normalized spacial score (nSPS) is 11.2. The molecule has 0 radical (unpaired) electrons. The van der Waals surface area contributed by atoms with Crippen LogP contribution in [0.15, 0.2) is 54.6 Å². The van der Waals surface area contributed by atoms with Crippen molar-refractivity contribution in [3.05, 3.63) is 65.7 Å². The van der Waals surface area contributed by atoms with Crippen molar-refractivity contribution < 1.29 is 24.9 Å². The molecule has 0 atom stereocenters. The number of hydrogen-bond acceptors (Lipinski definition) is 5. The smallest absolute Gasteiger partial charge is 0.163 e. The predicted molar refractivity (Wildman–Crippen MR) is 90.6 cm³/mol. The van der Waals surface area contributed by atoms with Gasteiger partial charge in [-0.2, -0.15) is 0 Å². The summed E-state index contributed by atoms with van der Waals surface area (Å²) in [6.45, 7) is 0. The molecule has 0 amide bonds. The van der Waals surface area contributed by atoms with E-state index in [-0.39, 0.29) is 29.5 Å². The number of allylic oxidation sites excluding steroid dienone is 2. The van der Waals surface area contributed by atoms with Crippen molar-refractivity contribution in [1.82, 2.24) is 0 Å². The van der Waals surface area contributed by atoms with E-state index in [9.17, 15) is 19.8 Å². The van der Waals surface area contributed by atoms with E-state index in [1.165, 1.54) is 48.6 Å². The van der Waals surface area contributed by atoms with Gasteiger partial charge in [-0.3, -0.25) is 9.59 Å². The van der Waals surface area contributed by atoms with E-state index in [2.05, 4.69) is 0 Å². The lowest BCUT2D eigenvalue weighted by atomic mass is 10.1. The van der Waals surface area contributed by atoms with Crippen LogP contribution in [0.3, 0.4) is 0 Å². The lowest BCUT2D eigenvalue weighted by molar-refractivity contribution is -0.121. The Labute approximate surface area is 138 Å². The maximum absolute atomic E-state index is 11.8. The Morgan fingerprint density at radius 2 is 1.21 bits per heavy atom. The van der Waals surface area contributed by atoms with Crippen molar-refractivity contribution in [2.75, 3.05) is 0 Å². The van der Waals surface area contributed by atoms with Crippen LogP contribution in [0.2, 0.25) is 0 Å². The Balaban J connectivity index is 1.92. The molecule has 0 saturated carbocycles. The minimum atomic E-state index is -0.391. The van der Waals surface area contributed by atoms with Crippen LogP contribution in [-0.2, 0) is 9.59 Å². The third kappa shape index (κ3) is 5.46. The Hall–Kier alpha value is -3.34.